The predicted octanol–water partition coefficient (Wildman–Crippen LogP) is 2.45. The van der Waals surface area contributed by atoms with Gasteiger partial charge in [0.05, 0.1) is 6.54 Å². The van der Waals surface area contributed by atoms with Crippen LogP contribution in [0.3, 0.4) is 0 Å². The highest BCUT2D eigenvalue weighted by atomic mass is 19.1. The van der Waals surface area contributed by atoms with Crippen LogP contribution in [0.25, 0.3) is 0 Å². The molecule has 0 saturated heterocycles. The highest BCUT2D eigenvalue weighted by Crippen LogP contribution is 2.23. The summed E-state index contributed by atoms with van der Waals surface area (Å²) in [4.78, 5) is 11.9. The van der Waals surface area contributed by atoms with Crippen molar-refractivity contribution in [3.63, 3.8) is 0 Å². The fraction of sp³-hybridized carbons (Fsp3) is 0.188. The maximum absolute atomic E-state index is 13.6. The van der Waals surface area contributed by atoms with Crippen molar-refractivity contribution in [2.24, 2.45) is 0 Å². The van der Waals surface area contributed by atoms with Crippen LogP contribution in [-0.2, 0) is 5.60 Å². The molecular weight excluding hydrogens is 311 g/mol. The van der Waals surface area contributed by atoms with E-state index in [2.05, 4.69) is 5.32 Å². The number of amides is 1. The molecule has 1 unspecified atom stereocenters. The molecule has 2 rings (SSSR count). The lowest BCUT2D eigenvalue weighted by molar-refractivity contribution is 0.0523. The molecule has 3 N–H and O–H groups in total. The second-order valence-electron chi connectivity index (χ2n) is 5.25. The zero-order chi connectivity index (χ0) is 17.2. The first-order valence-electron chi connectivity index (χ1n) is 6.65. The van der Waals surface area contributed by atoms with Gasteiger partial charge < -0.3 is 15.5 Å². The van der Waals surface area contributed by atoms with Crippen LogP contribution in [0.1, 0.15) is 22.8 Å². The fourth-order valence-electron chi connectivity index (χ4n) is 2.04. The Morgan fingerprint density at radius 2 is 1.74 bits per heavy atom. The van der Waals surface area contributed by atoms with Gasteiger partial charge in [0.25, 0.3) is 5.91 Å². The molecule has 0 saturated carbocycles. The predicted molar refractivity (Wildman–Crippen MR) is 76.3 cm³/mol. The highest BCUT2D eigenvalue weighted by molar-refractivity contribution is 5.97. The molecule has 2 aromatic rings. The van der Waals surface area contributed by atoms with Crippen LogP contribution in [0.5, 0.6) is 5.75 Å². The van der Waals surface area contributed by atoms with E-state index in [0.29, 0.717) is 17.7 Å². The van der Waals surface area contributed by atoms with Crippen LogP contribution in [-0.4, -0.2) is 22.7 Å². The first kappa shape index (κ1) is 16.8. The minimum Gasteiger partial charge on any atom is -0.507 e. The molecule has 1 amide bonds. The lowest BCUT2D eigenvalue weighted by Crippen LogP contribution is -2.39. The fourth-order valence-corrected chi connectivity index (χ4v) is 2.04. The summed E-state index contributed by atoms with van der Waals surface area (Å²) in [5.74, 6) is -4.58. The van der Waals surface area contributed by atoms with Crippen molar-refractivity contribution in [3.8, 4) is 5.75 Å². The molecule has 0 spiro atoms. The Kier molecular flexibility index (Phi) is 4.60. The molecule has 2 aromatic carbocycles. The van der Waals surface area contributed by atoms with Crippen LogP contribution in [0.15, 0.2) is 36.4 Å². The zero-order valence-corrected chi connectivity index (χ0v) is 12.1. The number of rotatable bonds is 4. The summed E-state index contributed by atoms with van der Waals surface area (Å²) in [6.45, 7) is 1.05. The van der Waals surface area contributed by atoms with Crippen LogP contribution in [0, 0.1) is 17.5 Å². The minimum atomic E-state index is -1.55. The lowest BCUT2D eigenvalue weighted by atomic mass is 9.96. The van der Waals surface area contributed by atoms with Gasteiger partial charge in [-0.05, 0) is 24.6 Å². The Bertz CT molecular complexity index is 707. The van der Waals surface area contributed by atoms with Crippen LogP contribution in [0.2, 0.25) is 0 Å². The van der Waals surface area contributed by atoms with E-state index in [1.54, 1.807) is 0 Å². The van der Waals surface area contributed by atoms with Gasteiger partial charge >= 0.3 is 0 Å². The minimum absolute atomic E-state index is 0.326. The van der Waals surface area contributed by atoms with Crippen molar-refractivity contribution in [2.45, 2.75) is 12.5 Å². The van der Waals surface area contributed by atoms with Gasteiger partial charge in [0.1, 0.15) is 34.4 Å². The number of hydrogen-bond donors (Lipinski definition) is 3. The van der Waals surface area contributed by atoms with Crippen molar-refractivity contribution < 1.29 is 28.2 Å². The van der Waals surface area contributed by atoms with E-state index in [0.717, 1.165) is 12.1 Å². The number of benzene rings is 2. The van der Waals surface area contributed by atoms with E-state index >= 15 is 0 Å². The molecule has 0 aliphatic rings. The maximum atomic E-state index is 13.6. The third-order valence-electron chi connectivity index (χ3n) is 3.32. The summed E-state index contributed by atoms with van der Waals surface area (Å²) in [7, 11) is 0. The molecule has 23 heavy (non-hydrogen) atoms. The van der Waals surface area contributed by atoms with Gasteiger partial charge in [-0.15, -0.1) is 0 Å². The number of phenolic OH excluding ortho intramolecular Hbond substituents is 1. The Labute approximate surface area is 130 Å². The number of phenols is 1. The monoisotopic (exact) mass is 325 g/mol. The van der Waals surface area contributed by atoms with Crippen molar-refractivity contribution in [3.05, 3.63) is 65.0 Å². The van der Waals surface area contributed by atoms with Crippen LogP contribution < -0.4 is 5.32 Å². The lowest BCUT2D eigenvalue weighted by Gasteiger charge is -2.24. The molecule has 0 heterocycles. The Morgan fingerprint density at radius 3 is 2.30 bits per heavy atom. The number of carbonyl (C=O) groups is 1. The van der Waals surface area contributed by atoms with Gasteiger partial charge in [0, 0.05) is 12.1 Å². The average molecular weight is 325 g/mol. The molecule has 0 fully saturated rings. The van der Waals surface area contributed by atoms with E-state index in [-0.39, 0.29) is 6.54 Å². The van der Waals surface area contributed by atoms with E-state index in [1.165, 1.54) is 19.1 Å². The first-order valence-corrected chi connectivity index (χ1v) is 6.65. The van der Waals surface area contributed by atoms with E-state index < -0.39 is 40.3 Å². The van der Waals surface area contributed by atoms with Crippen LogP contribution in [0.4, 0.5) is 13.2 Å². The zero-order valence-electron chi connectivity index (χ0n) is 12.1. The van der Waals surface area contributed by atoms with Gasteiger partial charge in [0.2, 0.25) is 0 Å². The summed E-state index contributed by atoms with van der Waals surface area (Å²) in [6, 6.07) is 6.06. The van der Waals surface area contributed by atoms with Crippen molar-refractivity contribution >= 4 is 5.91 Å². The maximum Gasteiger partial charge on any atom is 0.258 e. The highest BCUT2D eigenvalue weighted by Gasteiger charge is 2.26. The summed E-state index contributed by atoms with van der Waals surface area (Å²) in [6.07, 6.45) is 0. The molecule has 0 aliphatic carbocycles. The summed E-state index contributed by atoms with van der Waals surface area (Å²) in [5.41, 5.74) is -1.93. The normalized spacial score (nSPS) is 13.4. The van der Waals surface area contributed by atoms with Crippen molar-refractivity contribution in [1.29, 1.82) is 0 Å². The topological polar surface area (TPSA) is 69.6 Å². The molecule has 0 radical (unpaired) electrons. The Hall–Kier alpha value is -2.54. The number of carbonyl (C=O) groups excluding carboxylic acids is 1. The van der Waals surface area contributed by atoms with Crippen LogP contribution >= 0.6 is 0 Å². The van der Waals surface area contributed by atoms with E-state index in [1.807, 2.05) is 0 Å². The molecule has 0 aromatic heterocycles. The number of aliphatic hydroxyl groups is 1. The Morgan fingerprint density at radius 1 is 1.13 bits per heavy atom. The van der Waals surface area contributed by atoms with E-state index in [9.17, 15) is 28.2 Å². The van der Waals surface area contributed by atoms with Gasteiger partial charge in [-0.2, -0.15) is 0 Å². The molecule has 0 aliphatic heterocycles. The largest absolute Gasteiger partial charge is 0.507 e. The van der Waals surface area contributed by atoms with Crippen molar-refractivity contribution in [2.75, 3.05) is 6.54 Å². The average Bonchev–Trinajstić information content (AvgIpc) is 2.44. The van der Waals surface area contributed by atoms with E-state index in [4.69, 9.17) is 0 Å². The quantitative estimate of drug-likeness (QED) is 0.809. The van der Waals surface area contributed by atoms with Crippen molar-refractivity contribution in [1.82, 2.24) is 5.32 Å². The smallest absolute Gasteiger partial charge is 0.258 e. The molecule has 122 valence electrons. The second-order valence-corrected chi connectivity index (χ2v) is 5.25. The van der Waals surface area contributed by atoms with Gasteiger partial charge in [0.15, 0.2) is 0 Å². The Balaban J connectivity index is 2.14. The SMILES string of the molecule is CC(O)(CNC(=O)c1c(O)cc(F)cc1F)c1ccc(F)cc1. The number of nitrogens with one attached hydrogen (secondary N) is 1. The number of aromatic hydroxyl groups is 1. The van der Waals surface area contributed by atoms with Gasteiger partial charge in [-0.3, -0.25) is 4.79 Å². The number of halogens is 3. The first-order chi connectivity index (χ1) is 10.7. The third-order valence-corrected chi connectivity index (χ3v) is 3.32. The summed E-state index contributed by atoms with van der Waals surface area (Å²) in [5, 5.41) is 22.0. The summed E-state index contributed by atoms with van der Waals surface area (Å²) >= 11 is 0. The molecule has 7 heteroatoms. The number of hydrogen-bond acceptors (Lipinski definition) is 3. The van der Waals surface area contributed by atoms with Gasteiger partial charge in [-0.1, -0.05) is 12.1 Å². The van der Waals surface area contributed by atoms with Gasteiger partial charge in [-0.25, -0.2) is 13.2 Å². The standard InChI is InChI=1S/C16H14F3NO3/c1-16(23,9-2-4-10(17)5-3-9)8-20-15(22)14-12(19)6-11(18)7-13(14)21/h2-7,21,23H,8H2,1H3,(H,20,22). The molecular formula is C16H14F3NO3. The summed E-state index contributed by atoms with van der Waals surface area (Å²) < 4.78 is 39.4. The molecule has 1 atom stereocenters. The molecule has 4 nitrogen and oxygen atoms in total. The molecule has 0 bridgehead atoms. The third kappa shape index (κ3) is 3.81. The second kappa shape index (κ2) is 6.29.